The van der Waals surface area contributed by atoms with Gasteiger partial charge >= 0.3 is 0 Å². The summed E-state index contributed by atoms with van der Waals surface area (Å²) in [6.45, 7) is 8.53. The SMILES string of the molecule is CCC[C@@H](c1nnnn1C[C@H]1CCCO1)N(Cc1cc2cc(C)c(C)cc2[nH]c1=O)C1CCCCC1. The Labute approximate surface area is 213 Å². The predicted octanol–water partition coefficient (Wildman–Crippen LogP) is 4.99. The normalized spacial score (nSPS) is 19.9. The summed E-state index contributed by atoms with van der Waals surface area (Å²) in [7, 11) is 0. The van der Waals surface area contributed by atoms with Crippen molar-refractivity contribution in [2.45, 2.75) is 110 Å². The van der Waals surface area contributed by atoms with Crippen LogP contribution >= 0.6 is 0 Å². The van der Waals surface area contributed by atoms with Crippen LogP contribution in [0.2, 0.25) is 0 Å². The molecule has 36 heavy (non-hydrogen) atoms. The van der Waals surface area contributed by atoms with Crippen LogP contribution in [-0.2, 0) is 17.8 Å². The predicted molar refractivity (Wildman–Crippen MR) is 141 cm³/mol. The third kappa shape index (κ3) is 5.39. The number of ether oxygens (including phenoxy) is 1. The fraction of sp³-hybridized carbons (Fsp3) is 0.643. The van der Waals surface area contributed by atoms with E-state index in [0.717, 1.165) is 67.4 Å². The summed E-state index contributed by atoms with van der Waals surface area (Å²) < 4.78 is 7.85. The number of aromatic amines is 1. The number of hydrogen-bond acceptors (Lipinski definition) is 6. The first-order chi connectivity index (χ1) is 17.5. The number of aryl methyl sites for hydroxylation is 2. The van der Waals surface area contributed by atoms with Crippen LogP contribution < -0.4 is 5.56 Å². The van der Waals surface area contributed by atoms with E-state index < -0.39 is 0 Å². The largest absolute Gasteiger partial charge is 0.376 e. The molecule has 0 radical (unpaired) electrons. The van der Waals surface area contributed by atoms with Crippen molar-refractivity contribution in [1.29, 1.82) is 0 Å². The molecule has 2 fully saturated rings. The number of aromatic nitrogens is 5. The molecule has 8 nitrogen and oxygen atoms in total. The molecule has 2 aromatic heterocycles. The van der Waals surface area contributed by atoms with Gasteiger partial charge in [-0.05, 0) is 91.1 Å². The molecule has 1 aliphatic heterocycles. The van der Waals surface area contributed by atoms with Gasteiger partial charge in [-0.3, -0.25) is 9.69 Å². The van der Waals surface area contributed by atoms with Crippen LogP contribution in [0.25, 0.3) is 10.9 Å². The van der Waals surface area contributed by atoms with Crippen molar-refractivity contribution in [3.8, 4) is 0 Å². The molecule has 0 amide bonds. The van der Waals surface area contributed by atoms with Crippen molar-refractivity contribution < 1.29 is 4.74 Å². The molecule has 1 aromatic carbocycles. The molecule has 1 saturated heterocycles. The summed E-state index contributed by atoms with van der Waals surface area (Å²) >= 11 is 0. The quantitative estimate of drug-likeness (QED) is 0.453. The Kier molecular flexibility index (Phi) is 7.82. The number of rotatable bonds is 9. The van der Waals surface area contributed by atoms with E-state index >= 15 is 0 Å². The molecule has 3 aromatic rings. The van der Waals surface area contributed by atoms with Gasteiger partial charge in [0.25, 0.3) is 5.56 Å². The van der Waals surface area contributed by atoms with E-state index in [9.17, 15) is 4.79 Å². The average Bonchev–Trinajstić information content (AvgIpc) is 3.56. The maximum atomic E-state index is 13.3. The molecule has 3 heterocycles. The number of benzene rings is 1. The van der Waals surface area contributed by atoms with Crippen molar-refractivity contribution in [3.05, 3.63) is 51.1 Å². The minimum absolute atomic E-state index is 0.000702. The molecule has 2 atom stereocenters. The lowest BCUT2D eigenvalue weighted by Crippen LogP contribution is -2.41. The number of nitrogens with one attached hydrogen (secondary N) is 1. The van der Waals surface area contributed by atoms with Gasteiger partial charge in [-0.1, -0.05) is 32.6 Å². The zero-order valence-corrected chi connectivity index (χ0v) is 22.0. The van der Waals surface area contributed by atoms with E-state index in [4.69, 9.17) is 4.74 Å². The van der Waals surface area contributed by atoms with E-state index in [-0.39, 0.29) is 17.7 Å². The van der Waals surface area contributed by atoms with Gasteiger partial charge < -0.3 is 9.72 Å². The van der Waals surface area contributed by atoms with Crippen LogP contribution in [0.1, 0.15) is 93.3 Å². The minimum Gasteiger partial charge on any atom is -0.376 e. The van der Waals surface area contributed by atoms with Gasteiger partial charge in [-0.2, -0.15) is 0 Å². The Balaban J connectivity index is 1.51. The molecule has 2 aliphatic rings. The van der Waals surface area contributed by atoms with Crippen LogP contribution in [0.5, 0.6) is 0 Å². The number of hydrogen-bond donors (Lipinski definition) is 1. The molecule has 0 unspecified atom stereocenters. The van der Waals surface area contributed by atoms with Crippen LogP contribution in [0.4, 0.5) is 0 Å². The minimum atomic E-state index is 0.000702. The van der Waals surface area contributed by atoms with Gasteiger partial charge in [0, 0.05) is 30.3 Å². The van der Waals surface area contributed by atoms with E-state index in [2.05, 4.69) is 64.4 Å². The second kappa shape index (κ2) is 11.2. The third-order valence-corrected chi connectivity index (χ3v) is 8.15. The lowest BCUT2D eigenvalue weighted by Gasteiger charge is -2.39. The lowest BCUT2D eigenvalue weighted by atomic mass is 9.91. The van der Waals surface area contributed by atoms with Crippen LogP contribution in [0.15, 0.2) is 23.0 Å². The fourth-order valence-corrected chi connectivity index (χ4v) is 6.02. The molecule has 1 saturated carbocycles. The highest BCUT2D eigenvalue weighted by atomic mass is 16.5. The number of fused-ring (bicyclic) bond motifs is 1. The summed E-state index contributed by atoms with van der Waals surface area (Å²) in [4.78, 5) is 19.0. The first-order valence-electron chi connectivity index (χ1n) is 13.8. The van der Waals surface area contributed by atoms with Crippen molar-refractivity contribution in [1.82, 2.24) is 30.1 Å². The first-order valence-corrected chi connectivity index (χ1v) is 13.8. The number of nitrogens with zero attached hydrogens (tertiary/aromatic N) is 5. The molecule has 0 spiro atoms. The van der Waals surface area contributed by atoms with Crippen molar-refractivity contribution in [2.24, 2.45) is 0 Å². The summed E-state index contributed by atoms with van der Waals surface area (Å²) in [6, 6.07) is 6.83. The Morgan fingerprint density at radius 2 is 1.92 bits per heavy atom. The number of tetrazole rings is 1. The average molecular weight is 493 g/mol. The van der Waals surface area contributed by atoms with Crippen molar-refractivity contribution >= 4 is 10.9 Å². The zero-order valence-electron chi connectivity index (χ0n) is 22.0. The van der Waals surface area contributed by atoms with E-state index in [1.807, 2.05) is 4.68 Å². The Morgan fingerprint density at radius 3 is 2.67 bits per heavy atom. The summed E-state index contributed by atoms with van der Waals surface area (Å²) in [5, 5.41) is 14.1. The standard InChI is InChI=1S/C28H40N6O2/c1-4-9-26(27-30-31-32-34(27)18-24-12-8-13-36-24)33(23-10-6-5-7-11-23)17-22-16-21-14-19(2)20(3)15-25(21)29-28(22)35/h14-16,23-24,26H,4-13,17-18H2,1-3H3,(H,29,35)/t24-,26+/m1/s1. The lowest BCUT2D eigenvalue weighted by molar-refractivity contribution is 0.0713. The number of pyridine rings is 1. The second-order valence-corrected chi connectivity index (χ2v) is 10.8. The highest BCUT2D eigenvalue weighted by Gasteiger charge is 2.33. The molecule has 0 bridgehead atoms. The second-order valence-electron chi connectivity index (χ2n) is 10.8. The van der Waals surface area contributed by atoms with Gasteiger partial charge in [-0.25, -0.2) is 4.68 Å². The van der Waals surface area contributed by atoms with Gasteiger partial charge in [0.1, 0.15) is 0 Å². The summed E-state index contributed by atoms with van der Waals surface area (Å²) in [5.41, 5.74) is 4.15. The molecule has 5 rings (SSSR count). The van der Waals surface area contributed by atoms with Gasteiger partial charge in [0.15, 0.2) is 5.82 Å². The highest BCUT2D eigenvalue weighted by Crippen LogP contribution is 2.34. The van der Waals surface area contributed by atoms with Crippen LogP contribution in [0.3, 0.4) is 0 Å². The molecular formula is C28H40N6O2. The van der Waals surface area contributed by atoms with Gasteiger partial charge in [0.05, 0.1) is 18.7 Å². The number of H-pyrrole nitrogens is 1. The summed E-state index contributed by atoms with van der Waals surface area (Å²) in [5.74, 6) is 0.904. The Bertz CT molecular complexity index is 1220. The van der Waals surface area contributed by atoms with Gasteiger partial charge in [-0.15, -0.1) is 5.10 Å². The molecule has 1 N–H and O–H groups in total. The summed E-state index contributed by atoms with van der Waals surface area (Å²) in [6.07, 6.45) is 10.3. The molecule has 1 aliphatic carbocycles. The third-order valence-electron chi connectivity index (χ3n) is 8.15. The Morgan fingerprint density at radius 1 is 1.11 bits per heavy atom. The molecule has 8 heteroatoms. The van der Waals surface area contributed by atoms with E-state index in [1.165, 1.54) is 30.4 Å². The van der Waals surface area contributed by atoms with Crippen molar-refractivity contribution in [2.75, 3.05) is 6.61 Å². The first kappa shape index (κ1) is 25.1. The smallest absolute Gasteiger partial charge is 0.252 e. The molecule has 194 valence electrons. The maximum Gasteiger partial charge on any atom is 0.252 e. The highest BCUT2D eigenvalue weighted by molar-refractivity contribution is 5.80. The fourth-order valence-electron chi connectivity index (χ4n) is 6.02. The van der Waals surface area contributed by atoms with E-state index in [1.54, 1.807) is 0 Å². The topological polar surface area (TPSA) is 88.9 Å². The van der Waals surface area contributed by atoms with Crippen molar-refractivity contribution in [3.63, 3.8) is 0 Å². The zero-order chi connectivity index (χ0) is 25.1. The monoisotopic (exact) mass is 492 g/mol. The van der Waals surface area contributed by atoms with Crippen LogP contribution in [0, 0.1) is 13.8 Å². The maximum absolute atomic E-state index is 13.3. The Hall–Kier alpha value is -2.58. The van der Waals surface area contributed by atoms with Crippen LogP contribution in [-0.4, -0.2) is 48.8 Å². The van der Waals surface area contributed by atoms with E-state index in [0.29, 0.717) is 19.1 Å². The molecular weight excluding hydrogens is 452 g/mol. The van der Waals surface area contributed by atoms with Gasteiger partial charge in [0.2, 0.25) is 0 Å².